The normalized spacial score (nSPS) is 11.8. The fraction of sp³-hybridized carbons (Fsp3) is 0.375. The number of rotatable bonds is 5. The molecule has 2 aromatic rings. The zero-order valence-corrected chi connectivity index (χ0v) is 14.4. The van der Waals surface area contributed by atoms with Crippen molar-refractivity contribution < 1.29 is 14.3 Å². The number of aromatic nitrogens is 2. The Balaban J connectivity index is 2.01. The standard InChI is InChI=1S/C16H19N3O3S/c1-5-12-14(23-19-18-12)16(21)22-11(4)15(20)17-13-7-6-9(2)8-10(13)3/h6-8,11H,5H2,1-4H3,(H,17,20)/t11-/m0/s1. The topological polar surface area (TPSA) is 81.2 Å². The molecule has 7 heteroatoms. The van der Waals surface area contributed by atoms with Gasteiger partial charge in [0.2, 0.25) is 0 Å². The fourth-order valence-corrected chi connectivity index (χ4v) is 2.68. The number of nitrogens with zero attached hydrogens (tertiary/aromatic N) is 2. The summed E-state index contributed by atoms with van der Waals surface area (Å²) in [5, 5.41) is 6.64. The summed E-state index contributed by atoms with van der Waals surface area (Å²) in [6.07, 6.45) is -0.320. The molecular formula is C16H19N3O3S. The third-order valence-corrected chi connectivity index (χ3v) is 4.12. The molecule has 6 nitrogen and oxygen atoms in total. The quantitative estimate of drug-likeness (QED) is 0.851. The largest absolute Gasteiger partial charge is 0.448 e. The highest BCUT2D eigenvalue weighted by Crippen LogP contribution is 2.17. The molecule has 0 unspecified atom stereocenters. The number of hydrogen-bond acceptors (Lipinski definition) is 6. The van der Waals surface area contributed by atoms with Crippen LogP contribution in [0.15, 0.2) is 18.2 Å². The molecular weight excluding hydrogens is 314 g/mol. The maximum absolute atomic E-state index is 12.2. The third-order valence-electron chi connectivity index (χ3n) is 3.37. The van der Waals surface area contributed by atoms with E-state index in [2.05, 4.69) is 14.9 Å². The maximum Gasteiger partial charge on any atom is 0.352 e. The van der Waals surface area contributed by atoms with Gasteiger partial charge in [0.1, 0.15) is 0 Å². The Hall–Kier alpha value is -2.28. The minimum absolute atomic E-state index is 0.346. The first-order valence-electron chi connectivity index (χ1n) is 7.32. The van der Waals surface area contributed by atoms with Gasteiger partial charge in [-0.15, -0.1) is 5.10 Å². The number of esters is 1. The number of hydrogen-bond donors (Lipinski definition) is 1. The van der Waals surface area contributed by atoms with Gasteiger partial charge in [-0.25, -0.2) is 4.79 Å². The number of aryl methyl sites for hydroxylation is 3. The van der Waals surface area contributed by atoms with Crippen LogP contribution in [-0.4, -0.2) is 27.6 Å². The number of anilines is 1. The van der Waals surface area contributed by atoms with Crippen LogP contribution in [0.25, 0.3) is 0 Å². The van der Waals surface area contributed by atoms with E-state index in [4.69, 9.17) is 4.74 Å². The molecule has 2 rings (SSSR count). The summed E-state index contributed by atoms with van der Waals surface area (Å²) in [6, 6.07) is 5.72. The number of benzene rings is 1. The van der Waals surface area contributed by atoms with Crippen LogP contribution in [0, 0.1) is 13.8 Å². The molecule has 0 radical (unpaired) electrons. The van der Waals surface area contributed by atoms with Crippen molar-refractivity contribution in [2.75, 3.05) is 5.32 Å². The van der Waals surface area contributed by atoms with Gasteiger partial charge in [0.15, 0.2) is 11.0 Å². The molecule has 1 atom stereocenters. The number of ether oxygens (including phenoxy) is 1. The Kier molecular flexibility index (Phi) is 5.44. The van der Waals surface area contributed by atoms with Crippen LogP contribution < -0.4 is 5.32 Å². The molecule has 0 aliphatic heterocycles. The second-order valence-corrected chi connectivity index (χ2v) is 6.01. The number of nitrogens with one attached hydrogen (secondary N) is 1. The van der Waals surface area contributed by atoms with E-state index in [0.29, 0.717) is 22.7 Å². The van der Waals surface area contributed by atoms with E-state index in [1.165, 1.54) is 6.92 Å². The molecule has 122 valence electrons. The van der Waals surface area contributed by atoms with Crippen LogP contribution in [0.1, 0.15) is 40.3 Å². The summed E-state index contributed by atoms with van der Waals surface area (Å²) in [4.78, 5) is 24.6. The summed E-state index contributed by atoms with van der Waals surface area (Å²) < 4.78 is 8.96. The molecule has 1 amide bonds. The molecule has 0 saturated heterocycles. The van der Waals surface area contributed by atoms with E-state index in [1.54, 1.807) is 0 Å². The minimum atomic E-state index is -0.907. The average Bonchev–Trinajstić information content (AvgIpc) is 2.98. The lowest BCUT2D eigenvalue weighted by molar-refractivity contribution is -0.123. The molecule has 1 aromatic carbocycles. The lowest BCUT2D eigenvalue weighted by Crippen LogP contribution is -2.30. The maximum atomic E-state index is 12.2. The van der Waals surface area contributed by atoms with E-state index < -0.39 is 12.1 Å². The van der Waals surface area contributed by atoms with Gasteiger partial charge in [-0.2, -0.15) is 0 Å². The third kappa shape index (κ3) is 4.13. The highest BCUT2D eigenvalue weighted by molar-refractivity contribution is 7.07. The Morgan fingerprint density at radius 1 is 1.35 bits per heavy atom. The van der Waals surface area contributed by atoms with Crippen molar-refractivity contribution in [2.24, 2.45) is 0 Å². The van der Waals surface area contributed by atoms with Crippen molar-refractivity contribution in [3.8, 4) is 0 Å². The van der Waals surface area contributed by atoms with E-state index in [-0.39, 0.29) is 5.91 Å². The van der Waals surface area contributed by atoms with Gasteiger partial charge in [0.05, 0.1) is 5.69 Å². The molecule has 0 saturated carbocycles. The monoisotopic (exact) mass is 333 g/mol. The van der Waals surface area contributed by atoms with E-state index >= 15 is 0 Å². The first-order valence-corrected chi connectivity index (χ1v) is 8.10. The van der Waals surface area contributed by atoms with Gasteiger partial charge in [0, 0.05) is 5.69 Å². The van der Waals surface area contributed by atoms with Crippen LogP contribution in [0.4, 0.5) is 5.69 Å². The zero-order chi connectivity index (χ0) is 17.0. The molecule has 1 heterocycles. The van der Waals surface area contributed by atoms with Gasteiger partial charge in [0.25, 0.3) is 5.91 Å². The Morgan fingerprint density at radius 3 is 2.74 bits per heavy atom. The summed E-state index contributed by atoms with van der Waals surface area (Å²) >= 11 is 0.977. The van der Waals surface area contributed by atoms with Crippen molar-refractivity contribution in [3.05, 3.63) is 39.9 Å². The van der Waals surface area contributed by atoms with Crippen molar-refractivity contribution in [1.29, 1.82) is 0 Å². The molecule has 0 fully saturated rings. The molecule has 1 aromatic heterocycles. The van der Waals surface area contributed by atoms with Crippen LogP contribution in [0.5, 0.6) is 0 Å². The highest BCUT2D eigenvalue weighted by Gasteiger charge is 2.23. The number of carbonyl (C=O) groups excluding carboxylic acids is 2. The lowest BCUT2D eigenvalue weighted by atomic mass is 10.1. The molecule has 23 heavy (non-hydrogen) atoms. The number of carbonyl (C=O) groups is 2. The first-order chi connectivity index (χ1) is 10.9. The van der Waals surface area contributed by atoms with Gasteiger partial charge >= 0.3 is 5.97 Å². The predicted molar refractivity (Wildman–Crippen MR) is 88.7 cm³/mol. The van der Waals surface area contributed by atoms with E-state index in [9.17, 15) is 9.59 Å². The summed E-state index contributed by atoms with van der Waals surface area (Å²) in [6.45, 7) is 7.31. The van der Waals surface area contributed by atoms with Gasteiger partial charge in [-0.3, -0.25) is 4.79 Å². The molecule has 1 N–H and O–H groups in total. The van der Waals surface area contributed by atoms with Crippen LogP contribution in [0.3, 0.4) is 0 Å². The van der Waals surface area contributed by atoms with Crippen molar-refractivity contribution in [1.82, 2.24) is 9.59 Å². The Morgan fingerprint density at radius 2 is 2.09 bits per heavy atom. The first kappa shape index (κ1) is 17.1. The van der Waals surface area contributed by atoms with Gasteiger partial charge in [-0.1, -0.05) is 29.1 Å². The number of amides is 1. The second-order valence-electron chi connectivity index (χ2n) is 5.26. The van der Waals surface area contributed by atoms with E-state index in [0.717, 1.165) is 22.7 Å². The minimum Gasteiger partial charge on any atom is -0.448 e. The van der Waals surface area contributed by atoms with Gasteiger partial charge < -0.3 is 10.1 Å². The van der Waals surface area contributed by atoms with Crippen LogP contribution >= 0.6 is 11.5 Å². The van der Waals surface area contributed by atoms with Crippen molar-refractivity contribution >= 4 is 29.1 Å². The summed E-state index contributed by atoms with van der Waals surface area (Å²) in [7, 11) is 0. The summed E-state index contributed by atoms with van der Waals surface area (Å²) in [5.74, 6) is -0.944. The second kappa shape index (κ2) is 7.32. The zero-order valence-electron chi connectivity index (χ0n) is 13.5. The van der Waals surface area contributed by atoms with Crippen molar-refractivity contribution in [3.63, 3.8) is 0 Å². The SMILES string of the molecule is CCc1nnsc1C(=O)O[C@@H](C)C(=O)Nc1ccc(C)cc1C. The molecule has 0 spiro atoms. The smallest absolute Gasteiger partial charge is 0.352 e. The van der Waals surface area contributed by atoms with Crippen molar-refractivity contribution in [2.45, 2.75) is 40.2 Å². The van der Waals surface area contributed by atoms with E-state index in [1.807, 2.05) is 39.0 Å². The fourth-order valence-electron chi connectivity index (χ4n) is 2.05. The molecule has 0 aliphatic carbocycles. The molecule has 0 bridgehead atoms. The molecule has 0 aliphatic rings. The van der Waals surface area contributed by atoms with Crippen LogP contribution in [-0.2, 0) is 16.0 Å². The Bertz CT molecular complexity index is 727. The predicted octanol–water partition coefficient (Wildman–Crippen LogP) is 2.90. The van der Waals surface area contributed by atoms with Crippen LogP contribution in [0.2, 0.25) is 0 Å². The summed E-state index contributed by atoms with van der Waals surface area (Å²) in [5.41, 5.74) is 3.36. The Labute approximate surface area is 139 Å². The lowest BCUT2D eigenvalue weighted by Gasteiger charge is -2.14. The highest BCUT2D eigenvalue weighted by atomic mass is 32.1. The average molecular weight is 333 g/mol. The van der Waals surface area contributed by atoms with Gasteiger partial charge in [-0.05, 0) is 50.4 Å².